The summed E-state index contributed by atoms with van der Waals surface area (Å²) < 4.78 is 7.15. The molecule has 0 spiro atoms. The van der Waals surface area contributed by atoms with Crippen molar-refractivity contribution >= 4 is 17.7 Å². The number of nitrogens with zero attached hydrogens (tertiary/aromatic N) is 5. The zero-order valence-electron chi connectivity index (χ0n) is 14.8. The van der Waals surface area contributed by atoms with Gasteiger partial charge in [0.25, 0.3) is 0 Å². The first-order valence-corrected chi connectivity index (χ1v) is 8.92. The molecule has 8 heteroatoms. The SMILES string of the molecule is COc1ccc(-n2c(SCC(=O)N(C)C)nnc2-c2cccnc2)cc1. The minimum absolute atomic E-state index is 0.0159. The largest absolute Gasteiger partial charge is 0.497 e. The van der Waals surface area contributed by atoms with Crippen molar-refractivity contribution < 1.29 is 9.53 Å². The number of hydrogen-bond acceptors (Lipinski definition) is 6. The molecule has 134 valence electrons. The lowest BCUT2D eigenvalue weighted by atomic mass is 10.2. The van der Waals surface area contributed by atoms with E-state index in [-0.39, 0.29) is 11.7 Å². The Morgan fingerprint density at radius 1 is 1.19 bits per heavy atom. The van der Waals surface area contributed by atoms with Crippen molar-refractivity contribution in [1.29, 1.82) is 0 Å². The maximum absolute atomic E-state index is 11.9. The van der Waals surface area contributed by atoms with Gasteiger partial charge in [0.1, 0.15) is 5.75 Å². The molecule has 0 aliphatic heterocycles. The van der Waals surface area contributed by atoms with E-state index in [1.165, 1.54) is 11.8 Å². The van der Waals surface area contributed by atoms with Gasteiger partial charge in [-0.15, -0.1) is 10.2 Å². The number of ether oxygens (including phenoxy) is 1. The molecule has 3 aromatic rings. The van der Waals surface area contributed by atoms with Gasteiger partial charge in [0.05, 0.1) is 12.9 Å². The van der Waals surface area contributed by atoms with E-state index < -0.39 is 0 Å². The molecule has 1 amide bonds. The van der Waals surface area contributed by atoms with Gasteiger partial charge in [-0.1, -0.05) is 11.8 Å². The van der Waals surface area contributed by atoms with Crippen LogP contribution < -0.4 is 4.74 Å². The van der Waals surface area contributed by atoms with Gasteiger partial charge in [-0.2, -0.15) is 0 Å². The molecule has 26 heavy (non-hydrogen) atoms. The summed E-state index contributed by atoms with van der Waals surface area (Å²) in [5.41, 5.74) is 1.73. The summed E-state index contributed by atoms with van der Waals surface area (Å²) in [6.45, 7) is 0. The molecule has 2 heterocycles. The molecule has 0 bridgehead atoms. The Balaban J connectivity index is 2.01. The Hall–Kier alpha value is -2.87. The summed E-state index contributed by atoms with van der Waals surface area (Å²) in [4.78, 5) is 17.7. The zero-order valence-corrected chi connectivity index (χ0v) is 15.6. The maximum atomic E-state index is 11.9. The third-order valence-electron chi connectivity index (χ3n) is 3.71. The lowest BCUT2D eigenvalue weighted by Gasteiger charge is -2.12. The van der Waals surface area contributed by atoms with Crippen LogP contribution in [-0.4, -0.2) is 57.5 Å². The van der Waals surface area contributed by atoms with E-state index in [9.17, 15) is 4.79 Å². The normalized spacial score (nSPS) is 10.6. The minimum Gasteiger partial charge on any atom is -0.497 e. The van der Waals surface area contributed by atoms with Crippen LogP contribution in [0.15, 0.2) is 53.9 Å². The van der Waals surface area contributed by atoms with Crippen molar-refractivity contribution in [3.05, 3.63) is 48.8 Å². The van der Waals surface area contributed by atoms with Crippen LogP contribution in [-0.2, 0) is 4.79 Å². The molecule has 2 aromatic heterocycles. The number of amides is 1. The summed E-state index contributed by atoms with van der Waals surface area (Å²) in [5, 5.41) is 9.26. The van der Waals surface area contributed by atoms with E-state index >= 15 is 0 Å². The number of carbonyl (C=O) groups is 1. The Bertz CT molecular complexity index is 878. The Labute approximate surface area is 156 Å². The third kappa shape index (κ3) is 3.85. The van der Waals surface area contributed by atoms with Gasteiger partial charge < -0.3 is 9.64 Å². The quantitative estimate of drug-likeness (QED) is 0.622. The molecule has 7 nitrogen and oxygen atoms in total. The molecular weight excluding hydrogens is 350 g/mol. The van der Waals surface area contributed by atoms with Crippen molar-refractivity contribution in [2.24, 2.45) is 0 Å². The minimum atomic E-state index is 0.0159. The van der Waals surface area contributed by atoms with Gasteiger partial charge in [0.15, 0.2) is 11.0 Å². The average molecular weight is 369 g/mol. The summed E-state index contributed by atoms with van der Waals surface area (Å²) in [7, 11) is 5.10. The molecule has 0 aliphatic rings. The van der Waals surface area contributed by atoms with Gasteiger partial charge >= 0.3 is 0 Å². The number of pyridine rings is 1. The maximum Gasteiger partial charge on any atom is 0.232 e. The summed E-state index contributed by atoms with van der Waals surface area (Å²) in [5.74, 6) is 1.74. The number of methoxy groups -OCH3 is 1. The topological polar surface area (TPSA) is 73.1 Å². The van der Waals surface area contributed by atoms with Crippen LogP contribution in [0.5, 0.6) is 5.75 Å². The average Bonchev–Trinajstić information content (AvgIpc) is 3.10. The molecule has 0 unspecified atom stereocenters. The van der Waals surface area contributed by atoms with Crippen LogP contribution in [0.2, 0.25) is 0 Å². The molecule has 0 radical (unpaired) electrons. The molecule has 0 aliphatic carbocycles. The van der Waals surface area contributed by atoms with Crippen LogP contribution >= 0.6 is 11.8 Å². The fourth-order valence-corrected chi connectivity index (χ4v) is 3.20. The predicted octanol–water partition coefficient (Wildman–Crippen LogP) is 2.52. The first-order chi connectivity index (χ1) is 12.6. The van der Waals surface area contributed by atoms with Crippen LogP contribution in [0.4, 0.5) is 0 Å². The highest BCUT2D eigenvalue weighted by atomic mass is 32.2. The molecule has 3 rings (SSSR count). The van der Waals surface area contributed by atoms with Crippen molar-refractivity contribution in [1.82, 2.24) is 24.6 Å². The van der Waals surface area contributed by atoms with Gasteiger partial charge in [-0.05, 0) is 36.4 Å². The fraction of sp³-hybridized carbons (Fsp3) is 0.222. The van der Waals surface area contributed by atoms with Crippen molar-refractivity contribution in [2.75, 3.05) is 27.0 Å². The number of benzene rings is 1. The van der Waals surface area contributed by atoms with E-state index in [0.717, 1.165) is 17.0 Å². The van der Waals surface area contributed by atoms with Crippen LogP contribution in [0.1, 0.15) is 0 Å². The summed E-state index contributed by atoms with van der Waals surface area (Å²) >= 11 is 1.35. The van der Waals surface area contributed by atoms with Gasteiger partial charge in [0.2, 0.25) is 5.91 Å². The Kier molecular flexibility index (Phi) is 5.52. The molecule has 0 saturated carbocycles. The Morgan fingerprint density at radius 3 is 2.58 bits per heavy atom. The van der Waals surface area contributed by atoms with Gasteiger partial charge in [-0.3, -0.25) is 14.3 Å². The molecule has 0 saturated heterocycles. The second-order valence-corrected chi connectivity index (χ2v) is 6.60. The first-order valence-electron chi connectivity index (χ1n) is 7.93. The van der Waals surface area contributed by atoms with Gasteiger partial charge in [0, 0.05) is 37.7 Å². The first kappa shape index (κ1) is 17.9. The molecular formula is C18H19N5O2S. The number of aromatic nitrogens is 4. The summed E-state index contributed by atoms with van der Waals surface area (Å²) in [6, 6.07) is 11.4. The van der Waals surface area contributed by atoms with E-state index in [1.54, 1.807) is 38.5 Å². The number of thioether (sulfide) groups is 1. The molecule has 0 fully saturated rings. The van der Waals surface area contributed by atoms with E-state index in [0.29, 0.717) is 11.0 Å². The van der Waals surface area contributed by atoms with E-state index in [4.69, 9.17) is 4.74 Å². The van der Waals surface area contributed by atoms with Crippen LogP contribution in [0, 0.1) is 0 Å². The highest BCUT2D eigenvalue weighted by molar-refractivity contribution is 7.99. The monoisotopic (exact) mass is 369 g/mol. The number of rotatable bonds is 6. The Morgan fingerprint density at radius 2 is 1.96 bits per heavy atom. The van der Waals surface area contributed by atoms with Gasteiger partial charge in [-0.25, -0.2) is 0 Å². The molecule has 1 aromatic carbocycles. The van der Waals surface area contributed by atoms with E-state index in [1.807, 2.05) is 41.0 Å². The van der Waals surface area contributed by atoms with Crippen molar-refractivity contribution in [3.8, 4) is 22.8 Å². The van der Waals surface area contributed by atoms with Crippen molar-refractivity contribution in [3.63, 3.8) is 0 Å². The fourth-order valence-electron chi connectivity index (χ4n) is 2.26. The second-order valence-electron chi connectivity index (χ2n) is 5.66. The molecule has 0 atom stereocenters. The summed E-state index contributed by atoms with van der Waals surface area (Å²) in [6.07, 6.45) is 3.45. The number of carbonyl (C=O) groups excluding carboxylic acids is 1. The van der Waals surface area contributed by atoms with E-state index in [2.05, 4.69) is 15.2 Å². The lowest BCUT2D eigenvalue weighted by Crippen LogP contribution is -2.23. The van der Waals surface area contributed by atoms with Crippen LogP contribution in [0.3, 0.4) is 0 Å². The zero-order chi connectivity index (χ0) is 18.5. The third-order valence-corrected chi connectivity index (χ3v) is 4.62. The lowest BCUT2D eigenvalue weighted by molar-refractivity contribution is -0.125. The number of hydrogen-bond donors (Lipinski definition) is 0. The van der Waals surface area contributed by atoms with Crippen LogP contribution in [0.25, 0.3) is 17.1 Å². The standard InChI is InChI=1S/C18H19N5O2S/c1-22(2)16(24)12-26-18-21-20-17(13-5-4-10-19-11-13)23(18)14-6-8-15(25-3)9-7-14/h4-11H,12H2,1-3H3. The smallest absolute Gasteiger partial charge is 0.232 e. The highest BCUT2D eigenvalue weighted by Gasteiger charge is 2.18. The molecule has 0 N–H and O–H groups in total. The highest BCUT2D eigenvalue weighted by Crippen LogP contribution is 2.28. The predicted molar refractivity (Wildman–Crippen MR) is 101 cm³/mol. The van der Waals surface area contributed by atoms with Crippen molar-refractivity contribution in [2.45, 2.75) is 5.16 Å². The second kappa shape index (κ2) is 8.01.